The number of β-amino-alcohol motifs (C(OH)–C–C–N with tert-alkyl or cyclic N) is 1. The van der Waals surface area contributed by atoms with E-state index in [9.17, 15) is 19.5 Å². The number of terminal acetylenes is 1. The normalized spacial score (nSPS) is 17.3. The Bertz CT molecular complexity index is 1270. The first-order chi connectivity index (χ1) is 16.4. The number of esters is 1. The molecule has 2 atom stereocenters. The highest BCUT2D eigenvalue weighted by Gasteiger charge is 2.39. The lowest BCUT2D eigenvalue weighted by Gasteiger charge is -2.24. The number of hydrogen-bond acceptors (Lipinski definition) is 5. The number of urea groups is 1. The van der Waals surface area contributed by atoms with E-state index in [2.05, 4.69) is 21.5 Å². The zero-order valence-corrected chi connectivity index (χ0v) is 18.5. The number of anilines is 2. The first-order valence-corrected chi connectivity index (χ1v) is 10.8. The smallest absolute Gasteiger partial charge is 0.354 e. The average Bonchev–Trinajstić information content (AvgIpc) is 3.43. The number of carbonyl (C=O) groups excluding carboxylic acids is 3. The fourth-order valence-corrected chi connectivity index (χ4v) is 3.89. The fourth-order valence-electron chi connectivity index (χ4n) is 3.89. The third kappa shape index (κ3) is 4.87. The zero-order valence-electron chi connectivity index (χ0n) is 18.5. The molecule has 0 unspecified atom stereocenters. The number of aromatic amines is 1. The minimum Gasteiger partial charge on any atom is -0.461 e. The standard InChI is InChI=1S/C25H24N4O5/c1-3-15-5-7-17(8-6-15)27-25(33)29-14-19(30)13-22(29)23(31)26-18-9-10-20-16(11-18)12-21(28-20)24(32)34-4-2/h1,5-12,19,22,28,30H,4,13-14H2,2H3,(H,26,31)(H,27,33)/t19-,22-/m1/s1. The van der Waals surface area contributed by atoms with Gasteiger partial charge in [0.2, 0.25) is 5.91 Å². The number of ether oxygens (including phenoxy) is 1. The molecule has 0 spiro atoms. The van der Waals surface area contributed by atoms with Crippen molar-refractivity contribution < 1.29 is 24.2 Å². The Labute approximate surface area is 196 Å². The van der Waals surface area contributed by atoms with Crippen molar-refractivity contribution in [2.45, 2.75) is 25.5 Å². The number of aromatic nitrogens is 1. The molecular weight excluding hydrogens is 436 g/mol. The summed E-state index contributed by atoms with van der Waals surface area (Å²) in [4.78, 5) is 42.0. The van der Waals surface area contributed by atoms with Gasteiger partial charge in [-0.2, -0.15) is 0 Å². The number of fused-ring (bicyclic) bond motifs is 1. The second-order valence-corrected chi connectivity index (χ2v) is 7.90. The molecule has 1 aromatic heterocycles. The van der Waals surface area contributed by atoms with Crippen LogP contribution in [0.15, 0.2) is 48.5 Å². The molecule has 2 heterocycles. The maximum absolute atomic E-state index is 13.0. The van der Waals surface area contributed by atoms with E-state index in [-0.39, 0.29) is 19.6 Å². The van der Waals surface area contributed by atoms with Gasteiger partial charge in [0, 0.05) is 40.8 Å². The highest BCUT2D eigenvalue weighted by atomic mass is 16.5. The number of benzene rings is 2. The number of hydrogen-bond donors (Lipinski definition) is 4. The van der Waals surface area contributed by atoms with E-state index in [1.54, 1.807) is 55.5 Å². The van der Waals surface area contributed by atoms with Crippen molar-refractivity contribution in [1.29, 1.82) is 0 Å². The summed E-state index contributed by atoms with van der Waals surface area (Å²) in [5.74, 6) is 1.62. The van der Waals surface area contributed by atoms with Crippen molar-refractivity contribution in [3.05, 3.63) is 59.8 Å². The molecular formula is C25H24N4O5. The zero-order chi connectivity index (χ0) is 24.2. The summed E-state index contributed by atoms with van der Waals surface area (Å²) in [6, 6.07) is 12.2. The lowest BCUT2D eigenvalue weighted by molar-refractivity contribution is -0.119. The predicted molar refractivity (Wildman–Crippen MR) is 127 cm³/mol. The first-order valence-electron chi connectivity index (χ1n) is 10.8. The Morgan fingerprint density at radius 2 is 1.88 bits per heavy atom. The van der Waals surface area contributed by atoms with Crippen molar-refractivity contribution >= 4 is 40.2 Å². The molecule has 0 saturated carbocycles. The van der Waals surface area contributed by atoms with Gasteiger partial charge in [-0.15, -0.1) is 6.42 Å². The molecule has 34 heavy (non-hydrogen) atoms. The van der Waals surface area contributed by atoms with E-state index < -0.39 is 30.1 Å². The molecule has 0 bridgehead atoms. The van der Waals surface area contributed by atoms with E-state index in [1.165, 1.54) is 4.90 Å². The Kier molecular flexibility index (Phi) is 6.52. The fraction of sp³-hybridized carbons (Fsp3) is 0.240. The molecule has 4 rings (SSSR count). The van der Waals surface area contributed by atoms with Crippen LogP contribution in [0.5, 0.6) is 0 Å². The van der Waals surface area contributed by atoms with Crippen LogP contribution in [0.25, 0.3) is 10.9 Å². The molecule has 0 radical (unpaired) electrons. The van der Waals surface area contributed by atoms with E-state index in [1.807, 2.05) is 0 Å². The van der Waals surface area contributed by atoms with Gasteiger partial charge in [0.15, 0.2) is 0 Å². The number of aliphatic hydroxyl groups excluding tert-OH is 1. The number of nitrogens with one attached hydrogen (secondary N) is 3. The van der Waals surface area contributed by atoms with E-state index >= 15 is 0 Å². The van der Waals surface area contributed by atoms with Crippen molar-refractivity contribution in [3.63, 3.8) is 0 Å². The molecule has 1 aliphatic rings. The molecule has 1 saturated heterocycles. The minimum atomic E-state index is -0.850. The number of aliphatic hydroxyl groups is 1. The summed E-state index contributed by atoms with van der Waals surface area (Å²) in [5, 5.41) is 16.4. The molecule has 9 heteroatoms. The second-order valence-electron chi connectivity index (χ2n) is 7.90. The molecule has 3 aromatic rings. The molecule has 174 valence electrons. The van der Waals surface area contributed by atoms with Crippen molar-refractivity contribution in [2.24, 2.45) is 0 Å². The molecule has 2 aromatic carbocycles. The van der Waals surface area contributed by atoms with Crippen LogP contribution < -0.4 is 10.6 Å². The van der Waals surface area contributed by atoms with Gasteiger partial charge in [-0.3, -0.25) is 4.79 Å². The van der Waals surface area contributed by atoms with Crippen LogP contribution in [0.2, 0.25) is 0 Å². The van der Waals surface area contributed by atoms with Crippen LogP contribution in [-0.2, 0) is 9.53 Å². The third-order valence-electron chi connectivity index (χ3n) is 5.53. The molecule has 0 aliphatic carbocycles. The van der Waals surface area contributed by atoms with Gasteiger partial charge >= 0.3 is 12.0 Å². The average molecular weight is 460 g/mol. The predicted octanol–water partition coefficient (Wildman–Crippen LogP) is 2.93. The van der Waals surface area contributed by atoms with E-state index in [0.717, 1.165) is 5.39 Å². The first kappa shape index (κ1) is 22.9. The van der Waals surface area contributed by atoms with Crippen molar-refractivity contribution in [2.75, 3.05) is 23.8 Å². The summed E-state index contributed by atoms with van der Waals surface area (Å²) in [5.41, 5.74) is 2.74. The highest BCUT2D eigenvalue weighted by Crippen LogP contribution is 2.24. The molecule has 9 nitrogen and oxygen atoms in total. The van der Waals surface area contributed by atoms with Gasteiger partial charge in [0.25, 0.3) is 0 Å². The van der Waals surface area contributed by atoms with Crippen molar-refractivity contribution in [3.8, 4) is 12.3 Å². The monoisotopic (exact) mass is 460 g/mol. The maximum Gasteiger partial charge on any atom is 0.354 e. The SMILES string of the molecule is C#Cc1ccc(NC(=O)N2C[C@H](O)C[C@@H]2C(=O)Nc2ccc3[nH]c(C(=O)OCC)cc3c2)cc1. The largest absolute Gasteiger partial charge is 0.461 e. The number of nitrogens with zero attached hydrogens (tertiary/aromatic N) is 1. The summed E-state index contributed by atoms with van der Waals surface area (Å²) in [7, 11) is 0. The van der Waals surface area contributed by atoms with Crippen LogP contribution in [0.1, 0.15) is 29.4 Å². The quantitative estimate of drug-likeness (QED) is 0.344. The van der Waals surface area contributed by atoms with Crippen LogP contribution in [0.4, 0.5) is 16.2 Å². The Morgan fingerprint density at radius 1 is 1.15 bits per heavy atom. The van der Waals surface area contributed by atoms with Crippen LogP contribution >= 0.6 is 0 Å². The summed E-state index contributed by atoms with van der Waals surface area (Å²) in [6.07, 6.45) is 4.65. The summed E-state index contributed by atoms with van der Waals surface area (Å²) in [6.45, 7) is 2.03. The number of rotatable bonds is 5. The van der Waals surface area contributed by atoms with Gasteiger partial charge in [-0.1, -0.05) is 5.92 Å². The van der Waals surface area contributed by atoms with Gasteiger partial charge in [-0.05, 0) is 55.5 Å². The Hall–Kier alpha value is -4.29. The van der Waals surface area contributed by atoms with Crippen LogP contribution in [0.3, 0.4) is 0 Å². The minimum absolute atomic E-state index is 0.0338. The van der Waals surface area contributed by atoms with Crippen LogP contribution in [0, 0.1) is 12.3 Å². The molecule has 1 fully saturated rings. The second kappa shape index (κ2) is 9.68. The lowest BCUT2D eigenvalue weighted by atomic mass is 10.1. The Morgan fingerprint density at radius 3 is 2.59 bits per heavy atom. The molecule has 1 aliphatic heterocycles. The van der Waals surface area contributed by atoms with Gasteiger partial charge in [0.05, 0.1) is 12.7 Å². The molecule has 4 N–H and O–H groups in total. The number of H-pyrrole nitrogens is 1. The topological polar surface area (TPSA) is 124 Å². The van der Waals surface area contributed by atoms with Gasteiger partial charge in [-0.25, -0.2) is 9.59 Å². The van der Waals surface area contributed by atoms with E-state index in [0.29, 0.717) is 28.1 Å². The van der Waals surface area contributed by atoms with E-state index in [4.69, 9.17) is 11.2 Å². The Balaban J connectivity index is 1.46. The molecule has 3 amide bonds. The van der Waals surface area contributed by atoms with Gasteiger partial charge < -0.3 is 30.4 Å². The third-order valence-corrected chi connectivity index (χ3v) is 5.53. The number of likely N-dealkylation sites (tertiary alicyclic amines) is 1. The highest BCUT2D eigenvalue weighted by molar-refractivity contribution is 6.01. The number of amides is 3. The summed E-state index contributed by atoms with van der Waals surface area (Å²) >= 11 is 0. The number of carbonyl (C=O) groups is 3. The maximum atomic E-state index is 13.0. The van der Waals surface area contributed by atoms with Crippen molar-refractivity contribution in [1.82, 2.24) is 9.88 Å². The lowest BCUT2D eigenvalue weighted by Crippen LogP contribution is -2.45. The van der Waals surface area contributed by atoms with Gasteiger partial charge in [0.1, 0.15) is 11.7 Å². The van der Waals surface area contributed by atoms with Crippen LogP contribution in [-0.4, -0.2) is 58.2 Å². The summed E-state index contributed by atoms with van der Waals surface area (Å²) < 4.78 is 5.00.